The van der Waals surface area contributed by atoms with Crippen molar-refractivity contribution < 1.29 is 4.79 Å². The minimum atomic E-state index is -0.113. The Hall–Kier alpha value is -1.16. The van der Waals surface area contributed by atoms with Gasteiger partial charge in [-0.2, -0.15) is 0 Å². The van der Waals surface area contributed by atoms with Crippen molar-refractivity contribution in [2.45, 2.75) is 4.90 Å². The van der Waals surface area contributed by atoms with Crippen molar-refractivity contribution >= 4 is 46.6 Å². The number of halogens is 2. The molecule has 5 heteroatoms. The summed E-state index contributed by atoms with van der Waals surface area (Å²) in [5.41, 5.74) is 0.619. The van der Waals surface area contributed by atoms with Crippen LogP contribution in [-0.4, -0.2) is 11.7 Å². The zero-order chi connectivity index (χ0) is 13.7. The SMILES string of the molecule is O=C(CSc1ccccc1Cl)Nc1ccccc1Cl. The van der Waals surface area contributed by atoms with E-state index in [4.69, 9.17) is 23.2 Å². The first kappa shape index (κ1) is 14.3. The van der Waals surface area contributed by atoms with Crippen LogP contribution in [0, 0.1) is 0 Å². The van der Waals surface area contributed by atoms with E-state index >= 15 is 0 Å². The Labute approximate surface area is 126 Å². The lowest BCUT2D eigenvalue weighted by molar-refractivity contribution is -0.113. The van der Waals surface area contributed by atoms with Crippen molar-refractivity contribution in [3.63, 3.8) is 0 Å². The van der Waals surface area contributed by atoms with E-state index in [1.807, 2.05) is 30.3 Å². The van der Waals surface area contributed by atoms with Crippen LogP contribution >= 0.6 is 35.0 Å². The van der Waals surface area contributed by atoms with Crippen molar-refractivity contribution in [3.8, 4) is 0 Å². The molecule has 1 amide bonds. The number of benzene rings is 2. The van der Waals surface area contributed by atoms with E-state index < -0.39 is 0 Å². The van der Waals surface area contributed by atoms with Gasteiger partial charge in [0.1, 0.15) is 0 Å². The molecule has 0 atom stereocenters. The Bertz CT molecular complexity index is 589. The number of amides is 1. The highest BCUT2D eigenvalue weighted by molar-refractivity contribution is 8.00. The van der Waals surface area contributed by atoms with Gasteiger partial charge in [-0.1, -0.05) is 47.5 Å². The zero-order valence-electron chi connectivity index (χ0n) is 9.90. The standard InChI is InChI=1S/C14H11Cl2NOS/c15-10-5-1-3-7-12(10)17-14(18)9-19-13-8-4-2-6-11(13)16/h1-8H,9H2,(H,17,18). The molecule has 0 fully saturated rings. The molecule has 0 aliphatic heterocycles. The maximum absolute atomic E-state index is 11.8. The minimum absolute atomic E-state index is 0.113. The van der Waals surface area contributed by atoms with Gasteiger partial charge in [0.25, 0.3) is 0 Å². The summed E-state index contributed by atoms with van der Waals surface area (Å²) in [6.07, 6.45) is 0. The van der Waals surface area contributed by atoms with Crippen LogP contribution in [0.15, 0.2) is 53.4 Å². The molecule has 0 saturated heterocycles. The number of hydrogen-bond acceptors (Lipinski definition) is 2. The fraction of sp³-hybridized carbons (Fsp3) is 0.0714. The van der Waals surface area contributed by atoms with Crippen LogP contribution in [0.4, 0.5) is 5.69 Å². The predicted molar refractivity (Wildman–Crippen MR) is 82.3 cm³/mol. The normalized spacial score (nSPS) is 10.2. The minimum Gasteiger partial charge on any atom is -0.324 e. The number of hydrogen-bond donors (Lipinski definition) is 1. The van der Waals surface area contributed by atoms with Crippen molar-refractivity contribution in [3.05, 3.63) is 58.6 Å². The number of nitrogens with one attached hydrogen (secondary N) is 1. The molecule has 0 heterocycles. The van der Waals surface area contributed by atoms with E-state index in [1.54, 1.807) is 18.2 Å². The Morgan fingerprint density at radius 1 is 1.00 bits per heavy atom. The molecular weight excluding hydrogens is 301 g/mol. The smallest absolute Gasteiger partial charge is 0.234 e. The van der Waals surface area contributed by atoms with Gasteiger partial charge in [0.05, 0.1) is 21.5 Å². The summed E-state index contributed by atoms with van der Waals surface area (Å²) in [6, 6.07) is 14.6. The highest BCUT2D eigenvalue weighted by Gasteiger charge is 2.07. The summed E-state index contributed by atoms with van der Waals surface area (Å²) < 4.78 is 0. The monoisotopic (exact) mass is 311 g/mol. The van der Waals surface area contributed by atoms with Gasteiger partial charge in [0.2, 0.25) is 5.91 Å². The Morgan fingerprint density at radius 3 is 2.32 bits per heavy atom. The van der Waals surface area contributed by atoms with Crippen LogP contribution < -0.4 is 5.32 Å². The summed E-state index contributed by atoms with van der Waals surface area (Å²) in [6.45, 7) is 0. The van der Waals surface area contributed by atoms with Gasteiger partial charge in [-0.05, 0) is 24.3 Å². The van der Waals surface area contributed by atoms with Crippen LogP contribution in [0.5, 0.6) is 0 Å². The summed E-state index contributed by atoms with van der Waals surface area (Å²) in [5, 5.41) is 3.94. The van der Waals surface area contributed by atoms with Crippen LogP contribution in [0.2, 0.25) is 10.0 Å². The number of para-hydroxylation sites is 1. The number of anilines is 1. The highest BCUT2D eigenvalue weighted by Crippen LogP contribution is 2.27. The highest BCUT2D eigenvalue weighted by atomic mass is 35.5. The van der Waals surface area contributed by atoms with Gasteiger partial charge < -0.3 is 5.32 Å². The van der Waals surface area contributed by atoms with Gasteiger partial charge in [-0.25, -0.2) is 0 Å². The molecule has 0 spiro atoms. The molecular formula is C14H11Cl2NOS. The van der Waals surface area contributed by atoms with Gasteiger partial charge >= 0.3 is 0 Å². The predicted octanol–water partition coefficient (Wildman–Crippen LogP) is 4.72. The summed E-state index contributed by atoms with van der Waals surface area (Å²) in [4.78, 5) is 12.7. The maximum Gasteiger partial charge on any atom is 0.234 e. The molecule has 0 bridgehead atoms. The van der Waals surface area contributed by atoms with Gasteiger partial charge in [-0.3, -0.25) is 4.79 Å². The van der Waals surface area contributed by atoms with E-state index in [0.29, 0.717) is 15.7 Å². The molecule has 2 aromatic rings. The van der Waals surface area contributed by atoms with E-state index in [0.717, 1.165) is 4.90 Å². The Balaban J connectivity index is 1.92. The van der Waals surface area contributed by atoms with Gasteiger partial charge in [0, 0.05) is 4.90 Å². The second-order valence-corrected chi connectivity index (χ2v) is 5.58. The van der Waals surface area contributed by atoms with Crippen molar-refractivity contribution in [2.24, 2.45) is 0 Å². The third kappa shape index (κ3) is 4.16. The fourth-order valence-corrected chi connectivity index (χ4v) is 2.68. The molecule has 0 radical (unpaired) electrons. The second kappa shape index (κ2) is 6.85. The zero-order valence-corrected chi connectivity index (χ0v) is 12.2. The second-order valence-electron chi connectivity index (χ2n) is 3.75. The van der Waals surface area contributed by atoms with Crippen LogP contribution in [0.3, 0.4) is 0 Å². The largest absolute Gasteiger partial charge is 0.324 e. The molecule has 1 N–H and O–H groups in total. The summed E-state index contributed by atoms with van der Waals surface area (Å²) >= 11 is 13.4. The number of rotatable bonds is 4. The maximum atomic E-state index is 11.8. The Morgan fingerprint density at radius 2 is 1.63 bits per heavy atom. The van der Waals surface area contributed by atoms with Gasteiger partial charge in [0.15, 0.2) is 0 Å². The lowest BCUT2D eigenvalue weighted by Gasteiger charge is -2.07. The third-order valence-corrected chi connectivity index (χ3v) is 4.19. The van der Waals surface area contributed by atoms with Crippen LogP contribution in [-0.2, 0) is 4.79 Å². The van der Waals surface area contributed by atoms with E-state index in [1.165, 1.54) is 11.8 Å². The molecule has 0 aliphatic rings. The number of thioether (sulfide) groups is 1. The summed E-state index contributed by atoms with van der Waals surface area (Å²) in [7, 11) is 0. The topological polar surface area (TPSA) is 29.1 Å². The molecule has 2 aromatic carbocycles. The third-order valence-electron chi connectivity index (χ3n) is 2.34. The molecule has 0 saturated carbocycles. The van der Waals surface area contributed by atoms with Crippen LogP contribution in [0.25, 0.3) is 0 Å². The average molecular weight is 312 g/mol. The lowest BCUT2D eigenvalue weighted by Crippen LogP contribution is -2.14. The van der Waals surface area contributed by atoms with Crippen molar-refractivity contribution in [1.82, 2.24) is 0 Å². The molecule has 0 aromatic heterocycles. The van der Waals surface area contributed by atoms with Crippen molar-refractivity contribution in [1.29, 1.82) is 0 Å². The average Bonchev–Trinajstić information content (AvgIpc) is 2.40. The first-order valence-electron chi connectivity index (χ1n) is 5.58. The first-order chi connectivity index (χ1) is 9.16. The number of carbonyl (C=O) groups excluding carboxylic acids is 1. The number of carbonyl (C=O) groups is 1. The van der Waals surface area contributed by atoms with Crippen molar-refractivity contribution in [2.75, 3.05) is 11.1 Å². The van der Waals surface area contributed by atoms with Crippen LogP contribution in [0.1, 0.15) is 0 Å². The summed E-state index contributed by atoms with van der Waals surface area (Å²) in [5.74, 6) is 0.174. The van der Waals surface area contributed by atoms with Gasteiger partial charge in [-0.15, -0.1) is 11.8 Å². The molecule has 19 heavy (non-hydrogen) atoms. The van der Waals surface area contributed by atoms with E-state index in [9.17, 15) is 4.79 Å². The molecule has 0 unspecified atom stereocenters. The quantitative estimate of drug-likeness (QED) is 0.827. The molecule has 98 valence electrons. The Kier molecular flexibility index (Phi) is 5.14. The van der Waals surface area contributed by atoms with E-state index in [2.05, 4.69) is 5.32 Å². The molecule has 2 nitrogen and oxygen atoms in total. The lowest BCUT2D eigenvalue weighted by atomic mass is 10.3. The molecule has 2 rings (SSSR count). The first-order valence-corrected chi connectivity index (χ1v) is 7.32. The molecule has 0 aliphatic carbocycles. The van der Waals surface area contributed by atoms with E-state index in [-0.39, 0.29) is 11.7 Å². The fourth-order valence-electron chi connectivity index (χ4n) is 1.45.